The van der Waals surface area contributed by atoms with E-state index in [1.54, 1.807) is 0 Å². The van der Waals surface area contributed by atoms with Crippen LogP contribution in [0, 0.1) is 11.3 Å². The minimum atomic E-state index is 0.625. The van der Waals surface area contributed by atoms with E-state index in [2.05, 4.69) is 95.9 Å². The van der Waals surface area contributed by atoms with Crippen LogP contribution in [0.15, 0.2) is 47.6 Å². The van der Waals surface area contributed by atoms with Gasteiger partial charge in [0.1, 0.15) is 0 Å². The molecule has 0 aliphatic rings. The summed E-state index contributed by atoms with van der Waals surface area (Å²) in [6.45, 7) is 47.6. The highest BCUT2D eigenvalue weighted by Gasteiger charge is 2.15. The fourth-order valence-corrected chi connectivity index (χ4v) is 1.87. The van der Waals surface area contributed by atoms with Crippen LogP contribution in [0.2, 0.25) is 0 Å². The molecule has 0 rings (SSSR count). The molecule has 0 heteroatoms. The van der Waals surface area contributed by atoms with Crippen LogP contribution in [-0.4, -0.2) is 0 Å². The summed E-state index contributed by atoms with van der Waals surface area (Å²) in [5.74, 6) is 0.833. The second-order valence-corrected chi connectivity index (χ2v) is 9.47. The zero-order valence-corrected chi connectivity index (χ0v) is 26.9. The van der Waals surface area contributed by atoms with Crippen molar-refractivity contribution in [2.75, 3.05) is 0 Å². The molecular weight excluding hydrogens is 396 g/mol. The number of hydrogen-bond acceptors (Lipinski definition) is 0. The molecule has 0 heterocycles. The summed E-state index contributed by atoms with van der Waals surface area (Å²) in [7, 11) is 0. The van der Waals surface area contributed by atoms with Gasteiger partial charge in [0.05, 0.1) is 0 Å². The molecule has 0 nitrogen and oxygen atoms in total. The monoisotopic (exact) mass is 467 g/mol. The van der Waals surface area contributed by atoms with Crippen molar-refractivity contribution in [3.63, 3.8) is 0 Å². The van der Waals surface area contributed by atoms with Gasteiger partial charge in [-0.05, 0) is 69.9 Å². The summed E-state index contributed by atoms with van der Waals surface area (Å²) < 4.78 is 0. The molecular formula is C33H70. The Morgan fingerprint density at radius 2 is 0.879 bits per heavy atom. The molecule has 0 N–H and O–H groups in total. The second-order valence-electron chi connectivity index (χ2n) is 9.47. The Hall–Kier alpha value is -1.04. The standard InChI is InChI=1S/C10H16.C8H18.C7H14.C4H10.2C2H6/c1-7(2)9(5)10(6)8(3)4;1-5-8(4,6-2)7-3;1-4-5-6-7(2)3;1-4(2)3;2*1-2/h1,3H2,2,4-6H3;5-7H2,1-4H3;2,4-6H2,1,3H3;4H,1-3H3;2*1-2H3/b10-9-;;;;;. The first-order valence-electron chi connectivity index (χ1n) is 13.8. The molecule has 0 radical (unpaired) electrons. The average Bonchev–Trinajstić information content (AvgIpc) is 2.79. The molecule has 0 amide bonds. The molecule has 0 unspecified atom stereocenters. The van der Waals surface area contributed by atoms with Crippen LogP contribution in [0.5, 0.6) is 0 Å². The largest absolute Gasteiger partial charge is 0.100 e. The highest BCUT2D eigenvalue weighted by molar-refractivity contribution is 5.38. The number of unbranched alkanes of at least 4 members (excludes halogenated alkanes) is 1. The maximum atomic E-state index is 3.86. The van der Waals surface area contributed by atoms with Crippen molar-refractivity contribution in [3.05, 3.63) is 47.6 Å². The highest BCUT2D eigenvalue weighted by atomic mass is 14.2. The molecule has 202 valence electrons. The topological polar surface area (TPSA) is 0 Å². The van der Waals surface area contributed by atoms with E-state index in [-0.39, 0.29) is 0 Å². The van der Waals surface area contributed by atoms with Crippen molar-refractivity contribution >= 4 is 0 Å². The van der Waals surface area contributed by atoms with E-state index < -0.39 is 0 Å². The zero-order chi connectivity index (χ0) is 28.2. The van der Waals surface area contributed by atoms with Crippen molar-refractivity contribution in [1.29, 1.82) is 0 Å². The predicted octanol–water partition coefficient (Wildman–Crippen LogP) is 13.2. The molecule has 0 aromatic heterocycles. The number of rotatable bonds is 8. The molecule has 0 spiro atoms. The lowest BCUT2D eigenvalue weighted by molar-refractivity contribution is 0.286. The Balaban J connectivity index is -0.0000000722. The molecule has 0 bridgehead atoms. The number of allylic oxidation sites excluding steroid dienone is 5. The first-order valence-corrected chi connectivity index (χ1v) is 13.8. The van der Waals surface area contributed by atoms with Gasteiger partial charge in [-0.3, -0.25) is 0 Å². The van der Waals surface area contributed by atoms with E-state index in [0.29, 0.717) is 5.41 Å². The van der Waals surface area contributed by atoms with Gasteiger partial charge in [-0.25, -0.2) is 0 Å². The van der Waals surface area contributed by atoms with E-state index in [0.717, 1.165) is 17.1 Å². The zero-order valence-electron chi connectivity index (χ0n) is 26.9. The third-order valence-corrected chi connectivity index (χ3v) is 5.36. The van der Waals surface area contributed by atoms with E-state index in [9.17, 15) is 0 Å². The SMILES string of the molecule is C=C(C)/C(C)=C(/C)C(=C)C.C=C(C)CCCC.CC.CC.CC(C)C.CCC(C)(CC)CC. The molecule has 0 atom stereocenters. The van der Waals surface area contributed by atoms with E-state index in [1.165, 1.54) is 55.2 Å². The van der Waals surface area contributed by atoms with Crippen LogP contribution in [0.3, 0.4) is 0 Å². The first-order chi connectivity index (χ1) is 15.1. The molecule has 0 aromatic rings. The third-order valence-electron chi connectivity index (χ3n) is 5.36. The van der Waals surface area contributed by atoms with Gasteiger partial charge in [0.2, 0.25) is 0 Å². The molecule has 0 saturated carbocycles. The molecule has 0 aliphatic carbocycles. The Bertz CT molecular complexity index is 419. The van der Waals surface area contributed by atoms with Gasteiger partial charge in [-0.1, -0.05) is 139 Å². The van der Waals surface area contributed by atoms with Crippen LogP contribution in [0.4, 0.5) is 0 Å². The van der Waals surface area contributed by atoms with Crippen LogP contribution in [-0.2, 0) is 0 Å². The fraction of sp³-hybridized carbons (Fsp3) is 0.758. The minimum absolute atomic E-state index is 0.625. The lowest BCUT2D eigenvalue weighted by Crippen LogP contribution is -2.10. The fourth-order valence-electron chi connectivity index (χ4n) is 1.87. The summed E-state index contributed by atoms with van der Waals surface area (Å²) in [6, 6.07) is 0. The van der Waals surface area contributed by atoms with Crippen molar-refractivity contribution in [2.24, 2.45) is 11.3 Å². The summed E-state index contributed by atoms with van der Waals surface area (Å²) >= 11 is 0. The minimum Gasteiger partial charge on any atom is -0.100 e. The molecule has 0 aliphatic heterocycles. The first kappa shape index (κ1) is 45.5. The highest BCUT2D eigenvalue weighted by Crippen LogP contribution is 2.28. The summed E-state index contributed by atoms with van der Waals surface area (Å²) in [6.07, 6.45) is 7.75. The van der Waals surface area contributed by atoms with Crippen LogP contribution >= 0.6 is 0 Å². The van der Waals surface area contributed by atoms with Gasteiger partial charge in [-0.2, -0.15) is 0 Å². The van der Waals surface area contributed by atoms with Crippen molar-refractivity contribution < 1.29 is 0 Å². The molecule has 33 heavy (non-hydrogen) atoms. The Kier molecular flexibility index (Phi) is 45.6. The van der Waals surface area contributed by atoms with Gasteiger partial charge in [0.15, 0.2) is 0 Å². The molecule has 0 saturated heterocycles. The average molecular weight is 467 g/mol. The maximum absolute atomic E-state index is 3.86. The van der Waals surface area contributed by atoms with E-state index in [4.69, 9.17) is 0 Å². The summed E-state index contributed by atoms with van der Waals surface area (Å²) in [4.78, 5) is 0. The summed E-state index contributed by atoms with van der Waals surface area (Å²) in [5.41, 5.74) is 6.70. The van der Waals surface area contributed by atoms with Gasteiger partial charge in [0.25, 0.3) is 0 Å². The molecule has 0 fully saturated rings. The lowest BCUT2D eigenvalue weighted by Gasteiger charge is -2.23. The third kappa shape index (κ3) is 45.2. The lowest BCUT2D eigenvalue weighted by atomic mass is 9.82. The van der Waals surface area contributed by atoms with Crippen LogP contribution in [0.1, 0.15) is 156 Å². The molecule has 0 aromatic carbocycles. The second kappa shape index (κ2) is 33.1. The quantitative estimate of drug-likeness (QED) is 0.246. The van der Waals surface area contributed by atoms with Crippen molar-refractivity contribution in [1.82, 2.24) is 0 Å². The predicted molar refractivity (Wildman–Crippen MR) is 165 cm³/mol. The Morgan fingerprint density at radius 1 is 0.636 bits per heavy atom. The van der Waals surface area contributed by atoms with Crippen LogP contribution < -0.4 is 0 Å². The van der Waals surface area contributed by atoms with Gasteiger partial charge in [0, 0.05) is 0 Å². The summed E-state index contributed by atoms with van der Waals surface area (Å²) in [5, 5.41) is 0. The number of hydrogen-bond donors (Lipinski definition) is 0. The van der Waals surface area contributed by atoms with Gasteiger partial charge < -0.3 is 0 Å². The Morgan fingerprint density at radius 3 is 0.939 bits per heavy atom. The normalized spacial score (nSPS) is 10.0. The Labute approximate surface area is 215 Å². The van der Waals surface area contributed by atoms with Crippen LogP contribution in [0.25, 0.3) is 0 Å². The van der Waals surface area contributed by atoms with Gasteiger partial charge >= 0.3 is 0 Å². The maximum Gasteiger partial charge on any atom is -0.0326 e. The van der Waals surface area contributed by atoms with E-state index in [1.807, 2.05) is 41.5 Å². The van der Waals surface area contributed by atoms with E-state index >= 15 is 0 Å². The smallest absolute Gasteiger partial charge is 0.0326 e. The van der Waals surface area contributed by atoms with Crippen molar-refractivity contribution in [3.8, 4) is 0 Å². The van der Waals surface area contributed by atoms with Crippen molar-refractivity contribution in [2.45, 2.75) is 156 Å². The van der Waals surface area contributed by atoms with Gasteiger partial charge in [-0.15, -0.1) is 6.58 Å².